The zero-order chi connectivity index (χ0) is 8.36. The van der Waals surface area contributed by atoms with E-state index in [-0.39, 0.29) is 0 Å². The van der Waals surface area contributed by atoms with Gasteiger partial charge in [-0.25, -0.2) is 0 Å². The Bertz CT molecular complexity index is 58.4. The molecule has 0 fully saturated rings. The van der Waals surface area contributed by atoms with E-state index in [0.29, 0.717) is 0 Å². The SMILES string of the molecule is CCCNCCNCCCN. The van der Waals surface area contributed by atoms with Crippen LogP contribution in [0.2, 0.25) is 0 Å². The quantitative estimate of drug-likeness (QED) is 0.434. The molecule has 0 bridgehead atoms. The Morgan fingerprint density at radius 2 is 1.64 bits per heavy atom. The molecule has 0 aliphatic heterocycles. The first kappa shape index (κ1) is 10.9. The summed E-state index contributed by atoms with van der Waals surface area (Å²) in [5.74, 6) is 0. The molecule has 0 amide bonds. The van der Waals surface area contributed by atoms with Crippen LogP contribution in [0.4, 0.5) is 0 Å². The van der Waals surface area contributed by atoms with Crippen molar-refractivity contribution in [3.63, 3.8) is 0 Å². The van der Waals surface area contributed by atoms with E-state index in [0.717, 1.165) is 39.1 Å². The predicted molar refractivity (Wildman–Crippen MR) is 49.7 cm³/mol. The van der Waals surface area contributed by atoms with Crippen molar-refractivity contribution in [3.8, 4) is 0 Å². The van der Waals surface area contributed by atoms with Gasteiger partial charge in [-0.1, -0.05) is 6.92 Å². The molecule has 0 saturated carbocycles. The van der Waals surface area contributed by atoms with Gasteiger partial charge in [-0.15, -0.1) is 0 Å². The largest absolute Gasteiger partial charge is 0.330 e. The van der Waals surface area contributed by atoms with Gasteiger partial charge >= 0.3 is 0 Å². The van der Waals surface area contributed by atoms with E-state index in [1.54, 1.807) is 0 Å². The maximum atomic E-state index is 5.34. The van der Waals surface area contributed by atoms with Gasteiger partial charge in [-0.2, -0.15) is 0 Å². The number of nitrogens with one attached hydrogen (secondary N) is 2. The maximum Gasteiger partial charge on any atom is 0.00767 e. The second-order valence-electron chi connectivity index (χ2n) is 2.64. The van der Waals surface area contributed by atoms with E-state index in [4.69, 9.17) is 5.73 Å². The monoisotopic (exact) mass is 159 g/mol. The Hall–Kier alpha value is -0.120. The molecule has 0 saturated heterocycles. The molecule has 68 valence electrons. The predicted octanol–water partition coefficient (Wildman–Crippen LogP) is -0.0756. The second kappa shape index (κ2) is 9.88. The summed E-state index contributed by atoms with van der Waals surface area (Å²) in [6, 6.07) is 0. The molecule has 0 aromatic carbocycles. The summed E-state index contributed by atoms with van der Waals surface area (Å²) in [6.45, 7) is 7.26. The fourth-order valence-corrected chi connectivity index (χ4v) is 0.831. The van der Waals surface area contributed by atoms with Crippen LogP contribution < -0.4 is 16.4 Å². The van der Waals surface area contributed by atoms with Gasteiger partial charge in [0.1, 0.15) is 0 Å². The lowest BCUT2D eigenvalue weighted by atomic mass is 10.4. The van der Waals surface area contributed by atoms with Crippen LogP contribution in [0.3, 0.4) is 0 Å². The number of nitrogens with two attached hydrogens (primary N) is 1. The lowest BCUT2D eigenvalue weighted by molar-refractivity contribution is 0.596. The van der Waals surface area contributed by atoms with Gasteiger partial charge in [0.2, 0.25) is 0 Å². The zero-order valence-corrected chi connectivity index (χ0v) is 7.53. The van der Waals surface area contributed by atoms with Gasteiger partial charge in [0.25, 0.3) is 0 Å². The van der Waals surface area contributed by atoms with Crippen LogP contribution in [-0.4, -0.2) is 32.7 Å². The van der Waals surface area contributed by atoms with Gasteiger partial charge in [0.05, 0.1) is 0 Å². The zero-order valence-electron chi connectivity index (χ0n) is 7.53. The fraction of sp³-hybridized carbons (Fsp3) is 1.00. The molecule has 0 rings (SSSR count). The van der Waals surface area contributed by atoms with E-state index in [9.17, 15) is 0 Å². The Kier molecular flexibility index (Phi) is 9.77. The highest BCUT2D eigenvalue weighted by atomic mass is 14.9. The van der Waals surface area contributed by atoms with E-state index in [2.05, 4.69) is 17.6 Å². The van der Waals surface area contributed by atoms with Gasteiger partial charge in [0.15, 0.2) is 0 Å². The second-order valence-corrected chi connectivity index (χ2v) is 2.64. The molecule has 0 aliphatic rings. The first-order chi connectivity index (χ1) is 5.41. The first-order valence-corrected chi connectivity index (χ1v) is 4.53. The Balaban J connectivity index is 2.69. The first-order valence-electron chi connectivity index (χ1n) is 4.53. The van der Waals surface area contributed by atoms with Crippen LogP contribution in [0.15, 0.2) is 0 Å². The van der Waals surface area contributed by atoms with Gasteiger partial charge in [-0.05, 0) is 32.5 Å². The molecular weight excluding hydrogens is 138 g/mol. The van der Waals surface area contributed by atoms with Gasteiger partial charge in [-0.3, -0.25) is 0 Å². The topological polar surface area (TPSA) is 50.1 Å². The van der Waals surface area contributed by atoms with Gasteiger partial charge < -0.3 is 16.4 Å². The van der Waals surface area contributed by atoms with Crippen LogP contribution in [0, 0.1) is 0 Å². The maximum absolute atomic E-state index is 5.34. The molecule has 0 aromatic rings. The van der Waals surface area contributed by atoms with Crippen molar-refractivity contribution in [2.24, 2.45) is 5.73 Å². The van der Waals surface area contributed by atoms with Crippen molar-refractivity contribution < 1.29 is 0 Å². The average Bonchev–Trinajstić information content (AvgIpc) is 2.03. The third-order valence-electron chi connectivity index (χ3n) is 1.46. The molecular formula is C8H21N3. The Morgan fingerprint density at radius 3 is 2.18 bits per heavy atom. The summed E-state index contributed by atoms with van der Waals surface area (Å²) in [6.07, 6.45) is 2.29. The minimum atomic E-state index is 0.787. The van der Waals surface area contributed by atoms with Crippen LogP contribution >= 0.6 is 0 Å². The highest BCUT2D eigenvalue weighted by molar-refractivity contribution is 4.51. The van der Waals surface area contributed by atoms with Crippen LogP contribution in [-0.2, 0) is 0 Å². The van der Waals surface area contributed by atoms with Crippen molar-refractivity contribution in [3.05, 3.63) is 0 Å². The molecule has 0 aromatic heterocycles. The molecule has 3 nitrogen and oxygen atoms in total. The van der Waals surface area contributed by atoms with Crippen molar-refractivity contribution in [2.75, 3.05) is 32.7 Å². The van der Waals surface area contributed by atoms with Gasteiger partial charge in [0, 0.05) is 13.1 Å². The van der Waals surface area contributed by atoms with Crippen molar-refractivity contribution in [2.45, 2.75) is 19.8 Å². The summed E-state index contributed by atoms with van der Waals surface area (Å²) < 4.78 is 0. The standard InChI is InChI=1S/C8H21N3/c1-2-5-10-7-8-11-6-3-4-9/h10-11H,2-9H2,1H3. The smallest absolute Gasteiger partial charge is 0.00767 e. The minimum absolute atomic E-state index is 0.787. The highest BCUT2D eigenvalue weighted by Crippen LogP contribution is 1.70. The third kappa shape index (κ3) is 9.88. The molecule has 0 radical (unpaired) electrons. The van der Waals surface area contributed by atoms with E-state index >= 15 is 0 Å². The number of rotatable bonds is 8. The van der Waals surface area contributed by atoms with Crippen molar-refractivity contribution in [1.82, 2.24) is 10.6 Å². The minimum Gasteiger partial charge on any atom is -0.330 e. The molecule has 0 aliphatic carbocycles. The highest BCUT2D eigenvalue weighted by Gasteiger charge is 1.85. The van der Waals surface area contributed by atoms with E-state index in [1.807, 2.05) is 0 Å². The Morgan fingerprint density at radius 1 is 1.00 bits per heavy atom. The van der Waals surface area contributed by atoms with E-state index in [1.165, 1.54) is 6.42 Å². The molecule has 0 spiro atoms. The summed E-state index contributed by atoms with van der Waals surface area (Å²) >= 11 is 0. The van der Waals surface area contributed by atoms with Crippen LogP contribution in [0.1, 0.15) is 19.8 Å². The van der Waals surface area contributed by atoms with Crippen LogP contribution in [0.25, 0.3) is 0 Å². The summed E-state index contributed by atoms with van der Waals surface area (Å²) in [7, 11) is 0. The molecule has 0 heterocycles. The third-order valence-corrected chi connectivity index (χ3v) is 1.46. The molecule has 4 N–H and O–H groups in total. The average molecular weight is 159 g/mol. The molecule has 3 heteroatoms. The van der Waals surface area contributed by atoms with Crippen LogP contribution in [0.5, 0.6) is 0 Å². The van der Waals surface area contributed by atoms with Crippen molar-refractivity contribution >= 4 is 0 Å². The Labute approximate surface area is 69.7 Å². The van der Waals surface area contributed by atoms with E-state index < -0.39 is 0 Å². The molecule has 11 heavy (non-hydrogen) atoms. The lowest BCUT2D eigenvalue weighted by Crippen LogP contribution is -2.29. The number of hydrogen-bond acceptors (Lipinski definition) is 3. The molecule has 0 unspecified atom stereocenters. The summed E-state index contributed by atoms with van der Waals surface area (Å²) in [4.78, 5) is 0. The lowest BCUT2D eigenvalue weighted by Gasteiger charge is -2.04. The normalized spacial score (nSPS) is 10.4. The molecule has 0 atom stereocenters. The fourth-order valence-electron chi connectivity index (χ4n) is 0.831. The van der Waals surface area contributed by atoms with Crippen molar-refractivity contribution in [1.29, 1.82) is 0 Å². The summed E-state index contributed by atoms with van der Waals surface area (Å²) in [5, 5.41) is 6.62. The summed E-state index contributed by atoms with van der Waals surface area (Å²) in [5.41, 5.74) is 5.34. The number of hydrogen-bond donors (Lipinski definition) is 3.